The molecule has 5 rings (SSSR count). The third kappa shape index (κ3) is 4.27. The summed E-state index contributed by atoms with van der Waals surface area (Å²) in [6.07, 6.45) is 2.32. The zero-order valence-electron chi connectivity index (χ0n) is 19.6. The van der Waals surface area contributed by atoms with Crippen LogP contribution in [0.15, 0.2) is 40.2 Å². The third-order valence-corrected chi connectivity index (χ3v) is 9.10. The van der Waals surface area contributed by atoms with E-state index in [0.717, 1.165) is 32.0 Å². The number of rotatable bonds is 6. The predicted octanol–water partition coefficient (Wildman–Crippen LogP) is 3.40. The van der Waals surface area contributed by atoms with E-state index in [1.165, 1.54) is 11.3 Å². The maximum absolute atomic E-state index is 13.3. The quantitative estimate of drug-likeness (QED) is 0.531. The first kappa shape index (κ1) is 24.0. The Kier molecular flexibility index (Phi) is 5.99. The number of carbonyl (C=O) groups is 4. The second-order valence-corrected chi connectivity index (χ2v) is 12.4. The van der Waals surface area contributed by atoms with Crippen molar-refractivity contribution in [3.63, 3.8) is 0 Å². The summed E-state index contributed by atoms with van der Waals surface area (Å²) < 4.78 is 0.763. The summed E-state index contributed by atoms with van der Waals surface area (Å²) in [5.41, 5.74) is -0.228. The number of urea groups is 1. The molecule has 2 aromatic rings. The smallest absolute Gasteiger partial charge is 0.325 e. The van der Waals surface area contributed by atoms with Crippen LogP contribution in [0.4, 0.5) is 4.79 Å². The molecule has 1 saturated carbocycles. The van der Waals surface area contributed by atoms with Crippen molar-refractivity contribution in [2.75, 3.05) is 19.6 Å². The molecule has 2 aliphatic heterocycles. The monoisotopic (exact) mass is 558 g/mol. The lowest BCUT2D eigenvalue weighted by Gasteiger charge is -2.31. The van der Waals surface area contributed by atoms with E-state index in [-0.39, 0.29) is 36.7 Å². The van der Waals surface area contributed by atoms with Crippen LogP contribution in [0.1, 0.15) is 47.0 Å². The largest absolute Gasteiger partial charge is 0.341 e. The minimum Gasteiger partial charge on any atom is -0.341 e. The van der Waals surface area contributed by atoms with E-state index in [2.05, 4.69) is 26.6 Å². The minimum absolute atomic E-state index is 0.131. The van der Waals surface area contributed by atoms with Crippen LogP contribution in [0.2, 0.25) is 0 Å². The molecule has 2 unspecified atom stereocenters. The molecule has 0 radical (unpaired) electrons. The van der Waals surface area contributed by atoms with Crippen LogP contribution in [-0.2, 0) is 15.1 Å². The van der Waals surface area contributed by atoms with Gasteiger partial charge in [0.15, 0.2) is 0 Å². The number of imide groups is 1. The molecule has 0 spiro atoms. The van der Waals surface area contributed by atoms with Gasteiger partial charge < -0.3 is 15.5 Å². The highest BCUT2D eigenvalue weighted by Crippen LogP contribution is 2.42. The van der Waals surface area contributed by atoms with Crippen LogP contribution in [-0.4, -0.2) is 58.7 Å². The van der Waals surface area contributed by atoms with Gasteiger partial charge in [-0.05, 0) is 66.6 Å². The van der Waals surface area contributed by atoms with E-state index >= 15 is 0 Å². The van der Waals surface area contributed by atoms with E-state index in [1.807, 2.05) is 43.3 Å². The molecule has 184 valence electrons. The first-order valence-corrected chi connectivity index (χ1v) is 13.3. The number of hydrogen-bond donors (Lipinski definition) is 2. The molecule has 1 aromatic carbocycles. The van der Waals surface area contributed by atoms with E-state index < -0.39 is 17.1 Å². The van der Waals surface area contributed by atoms with Crippen molar-refractivity contribution in [1.82, 2.24) is 20.4 Å². The zero-order chi connectivity index (χ0) is 25.0. The van der Waals surface area contributed by atoms with Crippen LogP contribution >= 0.6 is 27.3 Å². The summed E-state index contributed by atoms with van der Waals surface area (Å²) in [6.45, 7) is 4.04. The highest BCUT2D eigenvalue weighted by molar-refractivity contribution is 9.11. The molecule has 10 heteroatoms. The Bertz CT molecular complexity index is 1210. The lowest BCUT2D eigenvalue weighted by atomic mass is 9.88. The highest BCUT2D eigenvalue weighted by Gasteiger charge is 2.56. The van der Waals surface area contributed by atoms with E-state index in [9.17, 15) is 19.2 Å². The zero-order valence-corrected chi connectivity index (χ0v) is 22.0. The summed E-state index contributed by atoms with van der Waals surface area (Å²) in [6, 6.07) is 10.9. The number of hydrogen-bond acceptors (Lipinski definition) is 5. The summed E-state index contributed by atoms with van der Waals surface area (Å²) >= 11 is 4.97. The number of nitrogens with one attached hydrogen (secondary N) is 2. The molecule has 2 saturated heterocycles. The van der Waals surface area contributed by atoms with Gasteiger partial charge in [-0.2, -0.15) is 0 Å². The molecule has 2 atom stereocenters. The Morgan fingerprint density at radius 1 is 1.23 bits per heavy atom. The summed E-state index contributed by atoms with van der Waals surface area (Å²) in [5, 5.41) is 5.98. The number of benzene rings is 1. The van der Waals surface area contributed by atoms with Crippen molar-refractivity contribution in [3.05, 3.63) is 56.2 Å². The molecular weight excluding hydrogens is 532 g/mol. The van der Waals surface area contributed by atoms with Gasteiger partial charge in [0.05, 0.1) is 14.9 Å². The second kappa shape index (κ2) is 8.74. The maximum atomic E-state index is 13.3. The highest BCUT2D eigenvalue weighted by atomic mass is 79.9. The Labute approximate surface area is 216 Å². The maximum Gasteiger partial charge on any atom is 0.325 e. The first-order valence-electron chi connectivity index (χ1n) is 11.7. The lowest BCUT2D eigenvalue weighted by molar-refractivity contribution is -0.138. The van der Waals surface area contributed by atoms with Gasteiger partial charge in [0.25, 0.3) is 11.8 Å². The number of likely N-dealkylation sites (tertiary alicyclic amines) is 1. The fourth-order valence-corrected chi connectivity index (χ4v) is 6.93. The second-order valence-electron chi connectivity index (χ2n) is 9.81. The summed E-state index contributed by atoms with van der Waals surface area (Å²) in [5.74, 6) is -0.730. The number of aryl methyl sites for hydroxylation is 1. The third-order valence-electron chi connectivity index (χ3n) is 7.34. The van der Waals surface area contributed by atoms with Gasteiger partial charge in [0.2, 0.25) is 5.91 Å². The van der Waals surface area contributed by atoms with Gasteiger partial charge in [-0.15, -0.1) is 11.3 Å². The van der Waals surface area contributed by atoms with Crippen LogP contribution in [0.5, 0.6) is 0 Å². The molecule has 0 bridgehead atoms. The Morgan fingerprint density at radius 2 is 1.94 bits per heavy atom. The molecule has 3 fully saturated rings. The van der Waals surface area contributed by atoms with Crippen LogP contribution in [0, 0.1) is 12.8 Å². The Morgan fingerprint density at radius 3 is 2.57 bits per heavy atom. The fourth-order valence-electron chi connectivity index (χ4n) is 5.15. The average molecular weight is 559 g/mol. The van der Waals surface area contributed by atoms with Crippen molar-refractivity contribution in [2.24, 2.45) is 5.92 Å². The minimum atomic E-state index is -0.920. The standard InChI is InChI=1S/C25H27BrN4O4S/c1-15-12-18(20(26)35-15)21(32)27-25(17-6-4-3-5-7-17)10-11-29(14-25)19(31)13-30-22(33)24(2,16-8-9-16)28-23(30)34/h3-7,12,16H,8-11,13-14H2,1-2H3,(H,27,32)(H,28,34). The molecule has 8 nitrogen and oxygen atoms in total. The number of halogens is 1. The molecular formula is C25H27BrN4O4S. The van der Waals surface area contributed by atoms with Crippen molar-refractivity contribution in [3.8, 4) is 0 Å². The predicted molar refractivity (Wildman–Crippen MR) is 135 cm³/mol. The molecule has 1 aliphatic carbocycles. The summed E-state index contributed by atoms with van der Waals surface area (Å²) in [4.78, 5) is 55.7. The fraction of sp³-hybridized carbons (Fsp3) is 0.440. The number of amides is 5. The molecule has 35 heavy (non-hydrogen) atoms. The normalized spacial score (nSPS) is 26.3. The number of thiophene rings is 1. The SMILES string of the molecule is Cc1cc(C(=O)NC2(c3ccccc3)CCN(C(=O)CN3C(=O)NC(C)(C4CC4)C3=O)C2)c(Br)s1. The van der Waals surface area contributed by atoms with E-state index in [4.69, 9.17) is 0 Å². The van der Waals surface area contributed by atoms with E-state index in [0.29, 0.717) is 18.5 Å². The van der Waals surface area contributed by atoms with Gasteiger partial charge in [0.1, 0.15) is 12.1 Å². The van der Waals surface area contributed by atoms with Crippen LogP contribution in [0.25, 0.3) is 0 Å². The molecule has 1 aromatic heterocycles. The topological polar surface area (TPSA) is 98.8 Å². The molecule has 3 heterocycles. The first-order chi connectivity index (χ1) is 16.6. The van der Waals surface area contributed by atoms with Crippen LogP contribution in [0.3, 0.4) is 0 Å². The van der Waals surface area contributed by atoms with Crippen molar-refractivity contribution >= 4 is 51.0 Å². The molecule has 2 N–H and O–H groups in total. The van der Waals surface area contributed by atoms with Crippen molar-refractivity contribution in [2.45, 2.75) is 44.2 Å². The van der Waals surface area contributed by atoms with Crippen LogP contribution < -0.4 is 10.6 Å². The number of carbonyl (C=O) groups excluding carboxylic acids is 4. The van der Waals surface area contributed by atoms with Gasteiger partial charge >= 0.3 is 6.03 Å². The Balaban J connectivity index is 1.34. The van der Waals surface area contributed by atoms with Gasteiger partial charge in [-0.1, -0.05) is 30.3 Å². The van der Waals surface area contributed by atoms with Gasteiger partial charge in [-0.3, -0.25) is 19.3 Å². The van der Waals surface area contributed by atoms with Gasteiger partial charge in [0, 0.05) is 18.0 Å². The molecule has 5 amide bonds. The van der Waals surface area contributed by atoms with E-state index in [1.54, 1.807) is 11.8 Å². The molecule has 3 aliphatic rings. The Hall–Kier alpha value is -2.72. The lowest BCUT2D eigenvalue weighted by Crippen LogP contribution is -2.50. The van der Waals surface area contributed by atoms with Gasteiger partial charge in [-0.25, -0.2) is 4.79 Å². The van der Waals surface area contributed by atoms with Crippen molar-refractivity contribution in [1.29, 1.82) is 0 Å². The summed E-state index contributed by atoms with van der Waals surface area (Å²) in [7, 11) is 0. The number of nitrogens with zero attached hydrogens (tertiary/aromatic N) is 2. The average Bonchev–Trinajstić information content (AvgIpc) is 3.47. The van der Waals surface area contributed by atoms with Crippen molar-refractivity contribution < 1.29 is 19.2 Å².